The van der Waals surface area contributed by atoms with Gasteiger partial charge in [-0.15, -0.1) is 0 Å². The maximum Gasteiger partial charge on any atom is 0.473 e. The molecule has 0 heterocycles. The Hall–Kier alpha value is -1.28. The molecule has 0 N–H and O–H groups in total. The van der Waals surface area contributed by atoms with Crippen molar-refractivity contribution in [3.05, 3.63) is 12.7 Å². The quantitative estimate of drug-likeness (QED) is 0.435. The van der Waals surface area contributed by atoms with Gasteiger partial charge in [0.1, 0.15) is 0 Å². The zero-order chi connectivity index (χ0) is 14.1. The first-order chi connectivity index (χ1) is 7.40. The van der Waals surface area contributed by atoms with Crippen LogP contribution in [-0.2, 0) is 9.53 Å². The van der Waals surface area contributed by atoms with Crippen molar-refractivity contribution in [2.24, 2.45) is 0 Å². The lowest BCUT2D eigenvalue weighted by Gasteiger charge is -2.31. The topological polar surface area (TPSA) is 26.3 Å². The minimum atomic E-state index is -6.19. The summed E-state index contributed by atoms with van der Waals surface area (Å²) in [6.45, 7) is 2.58. The van der Waals surface area contributed by atoms with Gasteiger partial charge in [0, 0.05) is 6.08 Å². The van der Waals surface area contributed by atoms with E-state index in [0.29, 0.717) is 0 Å². The number of carbonyl (C=O) groups is 1. The van der Waals surface area contributed by atoms with Gasteiger partial charge in [0.05, 0.1) is 0 Å². The number of carbonyl (C=O) groups excluding carboxylic acids is 1. The standard InChI is InChI=1S/C8H7F7O2/c1-3-5(16)17-8(14,15)7(12,13)6(10,11)4(2)9/h3-4H,1H2,2H3. The third-order valence-corrected chi connectivity index (χ3v) is 1.68. The van der Waals surface area contributed by atoms with Crippen molar-refractivity contribution in [3.8, 4) is 0 Å². The molecule has 0 aromatic carbocycles. The lowest BCUT2D eigenvalue weighted by molar-refractivity contribution is -0.391. The smallest absolute Gasteiger partial charge is 0.393 e. The van der Waals surface area contributed by atoms with E-state index in [9.17, 15) is 35.5 Å². The average Bonchev–Trinajstić information content (AvgIpc) is 2.15. The van der Waals surface area contributed by atoms with Crippen molar-refractivity contribution < 1.29 is 40.3 Å². The Morgan fingerprint density at radius 2 is 1.65 bits per heavy atom. The first-order valence-corrected chi connectivity index (χ1v) is 4.03. The van der Waals surface area contributed by atoms with E-state index in [1.54, 1.807) is 0 Å². The third-order valence-electron chi connectivity index (χ3n) is 1.68. The number of rotatable bonds is 5. The van der Waals surface area contributed by atoms with Crippen LogP contribution < -0.4 is 0 Å². The van der Waals surface area contributed by atoms with Crippen LogP contribution in [0.4, 0.5) is 30.7 Å². The van der Waals surface area contributed by atoms with E-state index in [4.69, 9.17) is 0 Å². The Bertz CT molecular complexity index is 311. The number of esters is 1. The second-order valence-electron chi connectivity index (χ2n) is 2.96. The number of hydrogen-bond acceptors (Lipinski definition) is 2. The molecule has 0 fully saturated rings. The predicted octanol–water partition coefficient (Wildman–Crippen LogP) is 2.94. The maximum absolute atomic E-state index is 12.7. The van der Waals surface area contributed by atoms with Gasteiger partial charge in [-0.25, -0.2) is 9.18 Å². The van der Waals surface area contributed by atoms with Crippen molar-refractivity contribution in [1.29, 1.82) is 0 Å². The van der Waals surface area contributed by atoms with Gasteiger partial charge in [0.2, 0.25) is 0 Å². The summed E-state index contributed by atoms with van der Waals surface area (Å²) in [4.78, 5) is 10.3. The molecule has 0 rings (SSSR count). The van der Waals surface area contributed by atoms with Gasteiger partial charge < -0.3 is 4.74 Å². The SMILES string of the molecule is C=CC(=O)OC(F)(F)C(F)(F)C(F)(F)C(C)F. The summed E-state index contributed by atoms with van der Waals surface area (Å²) < 4.78 is 90.7. The molecule has 0 saturated carbocycles. The molecule has 0 aromatic rings. The highest BCUT2D eigenvalue weighted by Gasteiger charge is 2.76. The molecule has 9 heteroatoms. The minimum Gasteiger partial charge on any atom is -0.393 e. The molecule has 100 valence electrons. The average molecular weight is 268 g/mol. The molecule has 0 spiro atoms. The Balaban J connectivity index is 5.28. The molecule has 1 atom stereocenters. The molecule has 0 aliphatic carbocycles. The molecule has 2 nitrogen and oxygen atoms in total. The fourth-order valence-corrected chi connectivity index (χ4v) is 0.676. The molecule has 0 aromatic heterocycles. The lowest BCUT2D eigenvalue weighted by atomic mass is 10.1. The van der Waals surface area contributed by atoms with E-state index >= 15 is 0 Å². The summed E-state index contributed by atoms with van der Waals surface area (Å²) in [7, 11) is 0. The number of ether oxygens (including phenoxy) is 1. The Morgan fingerprint density at radius 3 is 1.94 bits per heavy atom. The van der Waals surface area contributed by atoms with Gasteiger partial charge in [-0.2, -0.15) is 26.3 Å². The summed E-state index contributed by atoms with van der Waals surface area (Å²) in [5, 5.41) is 0. The van der Waals surface area contributed by atoms with E-state index in [0.717, 1.165) is 0 Å². The zero-order valence-electron chi connectivity index (χ0n) is 8.32. The van der Waals surface area contributed by atoms with Gasteiger partial charge in [-0.1, -0.05) is 6.58 Å². The fourth-order valence-electron chi connectivity index (χ4n) is 0.676. The lowest BCUT2D eigenvalue weighted by Crippen LogP contribution is -2.59. The molecule has 0 aliphatic heterocycles. The Labute approximate surface area is 91.0 Å². The molecule has 0 aliphatic rings. The van der Waals surface area contributed by atoms with Crippen LogP contribution >= 0.6 is 0 Å². The summed E-state index contributed by atoms with van der Waals surface area (Å²) >= 11 is 0. The number of alkyl halides is 7. The molecule has 1 unspecified atom stereocenters. The summed E-state index contributed by atoms with van der Waals surface area (Å²) in [5.74, 6) is -13.9. The molecular weight excluding hydrogens is 261 g/mol. The maximum atomic E-state index is 12.7. The van der Waals surface area contributed by atoms with Crippen molar-refractivity contribution >= 4 is 5.97 Å². The molecule has 0 bridgehead atoms. The fraction of sp³-hybridized carbons (Fsp3) is 0.625. The second-order valence-corrected chi connectivity index (χ2v) is 2.96. The van der Waals surface area contributed by atoms with E-state index in [1.165, 1.54) is 0 Å². The van der Waals surface area contributed by atoms with E-state index in [-0.39, 0.29) is 13.0 Å². The van der Waals surface area contributed by atoms with Crippen LogP contribution in [0.15, 0.2) is 12.7 Å². The second kappa shape index (κ2) is 4.53. The van der Waals surface area contributed by atoms with Crippen LogP contribution in [0.3, 0.4) is 0 Å². The minimum absolute atomic E-state index is 0.0285. The predicted molar refractivity (Wildman–Crippen MR) is 41.7 cm³/mol. The summed E-state index contributed by atoms with van der Waals surface area (Å²) in [5.41, 5.74) is 0. The van der Waals surface area contributed by atoms with Gasteiger partial charge in [0.25, 0.3) is 0 Å². The summed E-state index contributed by atoms with van der Waals surface area (Å²) in [6.07, 6.45) is -9.35. The highest BCUT2D eigenvalue weighted by molar-refractivity contribution is 5.81. The highest BCUT2D eigenvalue weighted by atomic mass is 19.4. The van der Waals surface area contributed by atoms with Gasteiger partial charge >= 0.3 is 23.9 Å². The van der Waals surface area contributed by atoms with Crippen LogP contribution in [0.5, 0.6) is 0 Å². The van der Waals surface area contributed by atoms with Crippen LogP contribution in [0.1, 0.15) is 6.92 Å². The van der Waals surface area contributed by atoms with E-state index < -0.39 is 30.1 Å². The Kier molecular flexibility index (Phi) is 4.19. The number of hydrogen-bond donors (Lipinski definition) is 0. The van der Waals surface area contributed by atoms with Gasteiger partial charge in [-0.05, 0) is 6.92 Å². The van der Waals surface area contributed by atoms with Crippen LogP contribution in [0.25, 0.3) is 0 Å². The highest BCUT2D eigenvalue weighted by Crippen LogP contribution is 2.48. The Morgan fingerprint density at radius 1 is 1.24 bits per heavy atom. The van der Waals surface area contributed by atoms with Crippen molar-refractivity contribution in [2.75, 3.05) is 0 Å². The zero-order valence-corrected chi connectivity index (χ0v) is 8.32. The van der Waals surface area contributed by atoms with Crippen molar-refractivity contribution in [1.82, 2.24) is 0 Å². The third kappa shape index (κ3) is 2.70. The molecule has 0 saturated heterocycles. The van der Waals surface area contributed by atoms with Crippen LogP contribution in [-0.4, -0.2) is 30.1 Å². The van der Waals surface area contributed by atoms with Gasteiger partial charge in [0.15, 0.2) is 6.17 Å². The first kappa shape index (κ1) is 15.7. The summed E-state index contributed by atoms with van der Waals surface area (Å²) in [6, 6.07) is 0. The van der Waals surface area contributed by atoms with Crippen LogP contribution in [0.2, 0.25) is 0 Å². The number of halogens is 7. The van der Waals surface area contributed by atoms with E-state index in [2.05, 4.69) is 11.3 Å². The molecule has 0 amide bonds. The van der Waals surface area contributed by atoms with Crippen molar-refractivity contribution in [3.63, 3.8) is 0 Å². The first-order valence-electron chi connectivity index (χ1n) is 4.03. The molecule has 0 radical (unpaired) electrons. The molecular formula is C8H7F7O2. The molecule has 17 heavy (non-hydrogen) atoms. The van der Waals surface area contributed by atoms with E-state index in [1.807, 2.05) is 0 Å². The monoisotopic (exact) mass is 268 g/mol. The van der Waals surface area contributed by atoms with Gasteiger partial charge in [-0.3, -0.25) is 0 Å². The van der Waals surface area contributed by atoms with Crippen molar-refractivity contribution in [2.45, 2.75) is 31.0 Å². The normalized spacial score (nSPS) is 15.3. The largest absolute Gasteiger partial charge is 0.473 e. The van der Waals surface area contributed by atoms with Crippen LogP contribution in [0, 0.1) is 0 Å².